The van der Waals surface area contributed by atoms with Gasteiger partial charge in [0.05, 0.1) is 0 Å². The molecule has 0 aliphatic carbocycles. The Morgan fingerprint density at radius 3 is 2.24 bits per heavy atom. The van der Waals surface area contributed by atoms with E-state index in [0.29, 0.717) is 15.7 Å². The van der Waals surface area contributed by atoms with Gasteiger partial charge in [0.2, 0.25) is 0 Å². The number of nitro groups is 1. The van der Waals surface area contributed by atoms with Crippen LogP contribution in [0.15, 0.2) is 47.4 Å². The number of benzene rings is 2. The summed E-state index contributed by atoms with van der Waals surface area (Å²) in [5, 5.41) is 12.3. The van der Waals surface area contributed by atoms with Gasteiger partial charge in [-0.15, -0.1) is 0 Å². The molecule has 0 aromatic heterocycles. The zero-order valence-electron chi connectivity index (χ0n) is 14.1. The van der Waals surface area contributed by atoms with Crippen molar-refractivity contribution in [2.45, 2.75) is 37.0 Å². The van der Waals surface area contributed by atoms with Crippen molar-refractivity contribution in [2.24, 2.45) is 0 Å². The minimum absolute atomic E-state index is 0.0168. The fourth-order valence-corrected chi connectivity index (χ4v) is 3.46. The van der Waals surface area contributed by atoms with Crippen molar-refractivity contribution in [2.75, 3.05) is 0 Å². The molecule has 25 heavy (non-hydrogen) atoms. The smallest absolute Gasteiger partial charge is 0.401 e. The van der Waals surface area contributed by atoms with Gasteiger partial charge < -0.3 is 4.74 Å². The van der Waals surface area contributed by atoms with E-state index < -0.39 is 15.8 Å². The van der Waals surface area contributed by atoms with E-state index in [4.69, 9.17) is 16.3 Å². The van der Waals surface area contributed by atoms with Crippen LogP contribution in [-0.2, 0) is 4.79 Å². The van der Waals surface area contributed by atoms with Crippen LogP contribution in [0.5, 0.6) is 5.75 Å². The van der Waals surface area contributed by atoms with Crippen molar-refractivity contribution in [3.8, 4) is 5.75 Å². The Morgan fingerprint density at radius 2 is 1.76 bits per heavy atom. The number of nitrogens with zero attached hydrogens (tertiary/aromatic N) is 1. The summed E-state index contributed by atoms with van der Waals surface area (Å²) >= 11 is 6.71. The Bertz CT molecular complexity index is 774. The molecule has 2 aromatic carbocycles. The molecule has 0 spiro atoms. The average molecular weight is 380 g/mol. The number of ether oxygens (including phenoxy) is 1. The molecule has 0 amide bonds. The van der Waals surface area contributed by atoms with E-state index in [1.807, 2.05) is 6.07 Å². The quantitative estimate of drug-likeness (QED) is 0.176. The number of carbonyl (C=O) groups excluding carboxylic acids is 1. The topological polar surface area (TPSA) is 69.4 Å². The first-order chi connectivity index (χ1) is 11.8. The van der Waals surface area contributed by atoms with Crippen LogP contribution >= 0.6 is 23.4 Å². The Morgan fingerprint density at radius 1 is 1.20 bits per heavy atom. The number of esters is 1. The zero-order chi connectivity index (χ0) is 18.6. The number of halogens is 1. The highest BCUT2D eigenvalue weighted by Crippen LogP contribution is 2.38. The number of aryl methyl sites for hydroxylation is 2. The van der Waals surface area contributed by atoms with Crippen LogP contribution < -0.4 is 4.74 Å². The molecule has 0 saturated carbocycles. The van der Waals surface area contributed by atoms with E-state index >= 15 is 0 Å². The van der Waals surface area contributed by atoms with Gasteiger partial charge in [0.25, 0.3) is 0 Å². The second-order valence-electron chi connectivity index (χ2n) is 5.56. The van der Waals surface area contributed by atoms with Crippen molar-refractivity contribution in [1.29, 1.82) is 0 Å². The molecule has 0 radical (unpaired) electrons. The lowest BCUT2D eigenvalue weighted by Gasteiger charge is -2.22. The van der Waals surface area contributed by atoms with Crippen LogP contribution in [0.1, 0.15) is 24.5 Å². The maximum absolute atomic E-state index is 12.8. The van der Waals surface area contributed by atoms with Gasteiger partial charge in [0, 0.05) is 21.3 Å². The fraction of sp³-hybridized carbons (Fsp3) is 0.278. The molecule has 0 saturated heterocycles. The molecule has 0 heterocycles. The zero-order valence-corrected chi connectivity index (χ0v) is 15.7. The highest BCUT2D eigenvalue weighted by molar-refractivity contribution is 8.01. The molecule has 7 heteroatoms. The predicted octanol–water partition coefficient (Wildman–Crippen LogP) is 5.04. The predicted molar refractivity (Wildman–Crippen MR) is 98.9 cm³/mol. The lowest BCUT2D eigenvalue weighted by Crippen LogP contribution is -2.45. The van der Waals surface area contributed by atoms with Gasteiger partial charge in [0.15, 0.2) is 0 Å². The third-order valence-electron chi connectivity index (χ3n) is 3.80. The van der Waals surface area contributed by atoms with E-state index in [9.17, 15) is 14.9 Å². The van der Waals surface area contributed by atoms with Crippen molar-refractivity contribution >= 4 is 29.3 Å². The molecule has 0 aliphatic heterocycles. The van der Waals surface area contributed by atoms with Crippen molar-refractivity contribution in [1.82, 2.24) is 0 Å². The first-order valence-corrected chi connectivity index (χ1v) is 8.87. The maximum atomic E-state index is 12.8. The lowest BCUT2D eigenvalue weighted by atomic mass is 10.1. The number of para-hydroxylation sites is 1. The highest BCUT2D eigenvalue weighted by Gasteiger charge is 2.53. The summed E-state index contributed by atoms with van der Waals surface area (Å²) < 4.78 is 5.46. The van der Waals surface area contributed by atoms with E-state index in [-0.39, 0.29) is 6.42 Å². The van der Waals surface area contributed by atoms with E-state index in [2.05, 4.69) is 0 Å². The lowest BCUT2D eigenvalue weighted by molar-refractivity contribution is -0.525. The van der Waals surface area contributed by atoms with Gasteiger partial charge in [0.1, 0.15) is 5.75 Å². The number of carbonyl (C=O) groups is 1. The molecule has 5 nitrogen and oxygen atoms in total. The fourth-order valence-electron chi connectivity index (χ4n) is 2.33. The summed E-state index contributed by atoms with van der Waals surface area (Å²) in [6, 6.07) is 12.0. The second-order valence-corrected chi connectivity index (χ2v) is 7.35. The first-order valence-electron chi connectivity index (χ1n) is 7.67. The van der Waals surface area contributed by atoms with Crippen LogP contribution in [0, 0.1) is 24.0 Å². The first kappa shape index (κ1) is 19.3. The molecular weight excluding hydrogens is 362 g/mol. The Labute approximate surface area is 155 Å². The number of hydrogen-bond donors (Lipinski definition) is 0. The molecular formula is C18H18ClNO4S. The molecule has 0 bridgehead atoms. The van der Waals surface area contributed by atoms with Crippen molar-refractivity contribution < 1.29 is 14.5 Å². The summed E-state index contributed by atoms with van der Waals surface area (Å²) in [5.41, 5.74) is 1.50. The van der Waals surface area contributed by atoms with Gasteiger partial charge in [-0.05, 0) is 61.0 Å². The molecule has 1 atom stereocenters. The summed E-state index contributed by atoms with van der Waals surface area (Å²) in [6.45, 7) is 5.18. The van der Waals surface area contributed by atoms with Gasteiger partial charge in [-0.2, -0.15) is 0 Å². The standard InChI is InChI=1S/C18H18ClNO4S/c1-4-18(20(22)23,25-15-10-8-14(19)9-11-15)17(21)24-16-12(2)6-5-7-13(16)3/h5-11H,4H2,1-3H3. The monoisotopic (exact) mass is 379 g/mol. The summed E-state index contributed by atoms with van der Waals surface area (Å²) in [5.74, 6) is -0.527. The molecule has 1 unspecified atom stereocenters. The summed E-state index contributed by atoms with van der Waals surface area (Å²) in [4.78, 5) is 22.6. The van der Waals surface area contributed by atoms with Crippen LogP contribution in [0.4, 0.5) is 0 Å². The van der Waals surface area contributed by atoms with Crippen LogP contribution in [0.3, 0.4) is 0 Å². The highest BCUT2D eigenvalue weighted by atomic mass is 35.5. The number of thioether (sulfide) groups is 1. The summed E-state index contributed by atoms with van der Waals surface area (Å²) in [6.07, 6.45) is -0.0168. The molecule has 132 valence electrons. The van der Waals surface area contributed by atoms with Crippen LogP contribution in [0.25, 0.3) is 0 Å². The van der Waals surface area contributed by atoms with Crippen LogP contribution in [-0.4, -0.2) is 15.8 Å². The SMILES string of the molecule is CCC(Sc1ccc(Cl)cc1)(C(=O)Oc1c(C)cccc1C)[N+](=O)[O-]. The molecule has 0 fully saturated rings. The van der Waals surface area contributed by atoms with E-state index in [1.54, 1.807) is 57.2 Å². The number of hydrogen-bond acceptors (Lipinski definition) is 5. The third kappa shape index (κ3) is 4.14. The molecule has 2 aromatic rings. The maximum Gasteiger partial charge on any atom is 0.401 e. The minimum Gasteiger partial charge on any atom is -0.420 e. The molecule has 0 aliphatic rings. The molecule has 0 N–H and O–H groups in total. The minimum atomic E-state index is -1.93. The van der Waals surface area contributed by atoms with Gasteiger partial charge in [-0.1, -0.05) is 36.7 Å². The number of rotatable bonds is 6. The van der Waals surface area contributed by atoms with E-state index in [0.717, 1.165) is 22.9 Å². The van der Waals surface area contributed by atoms with E-state index in [1.165, 1.54) is 0 Å². The summed E-state index contributed by atoms with van der Waals surface area (Å²) in [7, 11) is 0. The largest absolute Gasteiger partial charge is 0.420 e. The normalized spacial score (nSPS) is 13.1. The Kier molecular flexibility index (Phi) is 6.08. The third-order valence-corrected chi connectivity index (χ3v) is 5.50. The van der Waals surface area contributed by atoms with Crippen molar-refractivity contribution in [3.05, 3.63) is 68.7 Å². The second kappa shape index (κ2) is 7.89. The average Bonchev–Trinajstić information content (AvgIpc) is 2.57. The van der Waals surface area contributed by atoms with Gasteiger partial charge >= 0.3 is 10.8 Å². The Balaban J connectivity index is 2.37. The van der Waals surface area contributed by atoms with Gasteiger partial charge in [-0.3, -0.25) is 10.1 Å². The van der Waals surface area contributed by atoms with Crippen LogP contribution in [0.2, 0.25) is 5.02 Å². The molecule has 2 rings (SSSR count). The van der Waals surface area contributed by atoms with Gasteiger partial charge in [-0.25, -0.2) is 4.79 Å². The Hall–Kier alpha value is -2.05. The van der Waals surface area contributed by atoms with Crippen molar-refractivity contribution in [3.63, 3.8) is 0 Å².